The van der Waals surface area contributed by atoms with Crippen LogP contribution in [0.1, 0.15) is 20.3 Å². The lowest BCUT2D eigenvalue weighted by molar-refractivity contribution is -0.140. The Balaban J connectivity index is 1.90. The molecular weight excluding hydrogens is 220 g/mol. The van der Waals surface area contributed by atoms with Crippen LogP contribution in [-0.2, 0) is 9.53 Å². The van der Waals surface area contributed by atoms with Crippen molar-refractivity contribution in [2.75, 3.05) is 39.4 Å². The number of likely N-dealkylation sites (tertiary alicyclic amines) is 1. The first-order chi connectivity index (χ1) is 7.99. The molecule has 17 heavy (non-hydrogen) atoms. The van der Waals surface area contributed by atoms with E-state index >= 15 is 0 Å². The van der Waals surface area contributed by atoms with Gasteiger partial charge in [-0.1, -0.05) is 0 Å². The number of hydrogen-bond acceptors (Lipinski definition) is 4. The number of rotatable bonds is 2. The smallest absolute Gasteiger partial charge is 0.239 e. The van der Waals surface area contributed by atoms with Gasteiger partial charge in [-0.2, -0.15) is 0 Å². The monoisotopic (exact) mass is 242 g/mol. The van der Waals surface area contributed by atoms with Crippen LogP contribution in [0.3, 0.4) is 0 Å². The molecule has 0 aromatic rings. The number of amides is 1. The molecule has 1 N–H and O–H groups in total. The number of ether oxygens (including phenoxy) is 1. The number of β-amino-alcohol motifs (C(OH)–C–C–N with tert-alkyl or cyclic N) is 1. The summed E-state index contributed by atoms with van der Waals surface area (Å²) in [6.45, 7) is 7.79. The van der Waals surface area contributed by atoms with Crippen LogP contribution in [0.2, 0.25) is 0 Å². The van der Waals surface area contributed by atoms with Crippen LogP contribution in [0.25, 0.3) is 0 Å². The predicted molar refractivity (Wildman–Crippen MR) is 63.7 cm³/mol. The number of carbonyl (C=O) groups is 1. The molecule has 2 fully saturated rings. The zero-order chi connectivity index (χ0) is 12.5. The average Bonchev–Trinajstić information content (AvgIpc) is 2.69. The van der Waals surface area contributed by atoms with Crippen LogP contribution in [0, 0.1) is 0 Å². The van der Waals surface area contributed by atoms with Crippen LogP contribution >= 0.6 is 0 Å². The van der Waals surface area contributed by atoms with Crippen molar-refractivity contribution in [1.82, 2.24) is 9.80 Å². The van der Waals surface area contributed by atoms with E-state index in [2.05, 4.69) is 4.90 Å². The Morgan fingerprint density at radius 2 is 2.00 bits per heavy atom. The fourth-order valence-corrected chi connectivity index (χ4v) is 2.51. The second kappa shape index (κ2) is 4.92. The maximum absolute atomic E-state index is 12.2. The minimum atomic E-state index is -0.639. The SMILES string of the molecule is CC(C(=O)N1CCOCC1)N1CCC(C)(O)C1. The van der Waals surface area contributed by atoms with E-state index < -0.39 is 5.60 Å². The van der Waals surface area contributed by atoms with Crippen LogP contribution in [0.4, 0.5) is 0 Å². The Morgan fingerprint density at radius 3 is 2.53 bits per heavy atom. The highest BCUT2D eigenvalue weighted by molar-refractivity contribution is 5.81. The first-order valence-corrected chi connectivity index (χ1v) is 6.32. The number of hydrogen-bond donors (Lipinski definition) is 1. The molecule has 0 radical (unpaired) electrons. The maximum Gasteiger partial charge on any atom is 0.239 e. The van der Waals surface area contributed by atoms with Gasteiger partial charge in [0.15, 0.2) is 0 Å². The highest BCUT2D eigenvalue weighted by Crippen LogP contribution is 2.22. The molecular formula is C12H22N2O3. The molecule has 2 unspecified atom stereocenters. The summed E-state index contributed by atoms with van der Waals surface area (Å²) >= 11 is 0. The molecule has 2 rings (SSSR count). The van der Waals surface area contributed by atoms with Gasteiger partial charge in [0.1, 0.15) is 0 Å². The standard InChI is InChI=1S/C12H22N2O3/c1-10(14-4-3-12(2,16)9-14)11(15)13-5-7-17-8-6-13/h10,16H,3-9H2,1-2H3. The largest absolute Gasteiger partial charge is 0.389 e. The number of carbonyl (C=O) groups excluding carboxylic acids is 1. The fraction of sp³-hybridized carbons (Fsp3) is 0.917. The van der Waals surface area contributed by atoms with E-state index in [1.54, 1.807) is 0 Å². The molecule has 0 saturated carbocycles. The molecule has 2 heterocycles. The molecule has 98 valence electrons. The van der Waals surface area contributed by atoms with E-state index in [4.69, 9.17) is 4.74 Å². The molecule has 2 aliphatic heterocycles. The van der Waals surface area contributed by atoms with Crippen molar-refractivity contribution in [3.63, 3.8) is 0 Å². The molecule has 2 aliphatic rings. The van der Waals surface area contributed by atoms with E-state index in [-0.39, 0.29) is 11.9 Å². The Bertz CT molecular complexity index is 287. The second-order valence-electron chi connectivity index (χ2n) is 5.33. The zero-order valence-corrected chi connectivity index (χ0v) is 10.7. The molecule has 0 aliphatic carbocycles. The number of nitrogens with zero attached hydrogens (tertiary/aromatic N) is 2. The van der Waals surface area contributed by atoms with Gasteiger partial charge in [0, 0.05) is 26.2 Å². The molecule has 0 spiro atoms. The van der Waals surface area contributed by atoms with Crippen LogP contribution in [-0.4, -0.2) is 71.8 Å². The Labute approximate surface area is 102 Å². The summed E-state index contributed by atoms with van der Waals surface area (Å²) in [7, 11) is 0. The summed E-state index contributed by atoms with van der Waals surface area (Å²) in [5.41, 5.74) is -0.639. The van der Waals surface area contributed by atoms with Crippen molar-refractivity contribution in [2.45, 2.75) is 31.9 Å². The Kier molecular flexibility index (Phi) is 3.70. The molecule has 5 heteroatoms. The normalized spacial score (nSPS) is 32.8. The summed E-state index contributed by atoms with van der Waals surface area (Å²) in [6, 6.07) is -0.137. The minimum absolute atomic E-state index is 0.137. The lowest BCUT2D eigenvalue weighted by Gasteiger charge is -2.32. The summed E-state index contributed by atoms with van der Waals surface area (Å²) < 4.78 is 5.24. The van der Waals surface area contributed by atoms with E-state index in [9.17, 15) is 9.90 Å². The lowest BCUT2D eigenvalue weighted by atomic mass is 10.1. The molecule has 0 aromatic heterocycles. The summed E-state index contributed by atoms with van der Waals surface area (Å²) in [6.07, 6.45) is 0.744. The predicted octanol–water partition coefficient (Wildman–Crippen LogP) is -0.310. The third kappa shape index (κ3) is 2.97. The van der Waals surface area contributed by atoms with Gasteiger partial charge < -0.3 is 14.7 Å². The second-order valence-corrected chi connectivity index (χ2v) is 5.33. The Morgan fingerprint density at radius 1 is 1.35 bits per heavy atom. The number of morpholine rings is 1. The van der Waals surface area contributed by atoms with Gasteiger partial charge in [-0.3, -0.25) is 9.69 Å². The molecule has 2 atom stereocenters. The van der Waals surface area contributed by atoms with E-state index in [0.29, 0.717) is 32.8 Å². The third-order valence-electron chi connectivity index (χ3n) is 3.71. The lowest BCUT2D eigenvalue weighted by Crippen LogP contribution is -2.50. The maximum atomic E-state index is 12.2. The van der Waals surface area contributed by atoms with Gasteiger partial charge in [-0.25, -0.2) is 0 Å². The molecule has 1 amide bonds. The quantitative estimate of drug-likeness (QED) is 0.722. The zero-order valence-electron chi connectivity index (χ0n) is 10.7. The van der Waals surface area contributed by atoms with Gasteiger partial charge >= 0.3 is 0 Å². The topological polar surface area (TPSA) is 53.0 Å². The van der Waals surface area contributed by atoms with Crippen molar-refractivity contribution in [3.05, 3.63) is 0 Å². The van der Waals surface area contributed by atoms with Gasteiger partial charge in [-0.15, -0.1) is 0 Å². The van der Waals surface area contributed by atoms with Gasteiger partial charge in [0.05, 0.1) is 24.9 Å². The van der Waals surface area contributed by atoms with Gasteiger partial charge in [0.25, 0.3) is 0 Å². The average molecular weight is 242 g/mol. The third-order valence-corrected chi connectivity index (χ3v) is 3.71. The summed E-state index contributed by atoms with van der Waals surface area (Å²) in [4.78, 5) is 16.2. The summed E-state index contributed by atoms with van der Waals surface area (Å²) in [5, 5.41) is 9.92. The van der Waals surface area contributed by atoms with Gasteiger partial charge in [0.2, 0.25) is 5.91 Å². The number of aliphatic hydroxyl groups is 1. The first-order valence-electron chi connectivity index (χ1n) is 6.32. The van der Waals surface area contributed by atoms with Crippen molar-refractivity contribution < 1.29 is 14.6 Å². The van der Waals surface area contributed by atoms with Crippen molar-refractivity contribution in [2.24, 2.45) is 0 Å². The molecule has 5 nitrogen and oxygen atoms in total. The van der Waals surface area contributed by atoms with Crippen molar-refractivity contribution in [1.29, 1.82) is 0 Å². The first kappa shape index (κ1) is 12.8. The van der Waals surface area contributed by atoms with Gasteiger partial charge in [-0.05, 0) is 20.3 Å². The highest BCUT2D eigenvalue weighted by atomic mass is 16.5. The van der Waals surface area contributed by atoms with E-state index in [1.165, 1.54) is 0 Å². The molecule has 0 aromatic carbocycles. The Hall–Kier alpha value is -0.650. The van der Waals surface area contributed by atoms with E-state index in [1.807, 2.05) is 18.7 Å². The molecule has 2 saturated heterocycles. The molecule has 0 bridgehead atoms. The fourth-order valence-electron chi connectivity index (χ4n) is 2.51. The van der Waals surface area contributed by atoms with Crippen LogP contribution in [0.5, 0.6) is 0 Å². The van der Waals surface area contributed by atoms with Crippen molar-refractivity contribution >= 4 is 5.91 Å². The van der Waals surface area contributed by atoms with Crippen molar-refractivity contribution in [3.8, 4) is 0 Å². The van der Waals surface area contributed by atoms with Crippen LogP contribution < -0.4 is 0 Å². The van der Waals surface area contributed by atoms with E-state index in [0.717, 1.165) is 13.0 Å². The summed E-state index contributed by atoms with van der Waals surface area (Å²) in [5.74, 6) is 0.158. The van der Waals surface area contributed by atoms with Crippen LogP contribution in [0.15, 0.2) is 0 Å². The highest BCUT2D eigenvalue weighted by Gasteiger charge is 2.37. The minimum Gasteiger partial charge on any atom is -0.389 e.